The van der Waals surface area contributed by atoms with Gasteiger partial charge in [0.25, 0.3) is 0 Å². The van der Waals surface area contributed by atoms with Gasteiger partial charge >= 0.3 is 0 Å². The van der Waals surface area contributed by atoms with E-state index in [1.807, 2.05) is 0 Å². The van der Waals surface area contributed by atoms with Crippen molar-refractivity contribution in [3.05, 3.63) is 228 Å². The molecule has 2 aliphatic carbocycles. The molecule has 13 rings (SSSR count). The van der Waals surface area contributed by atoms with Crippen LogP contribution in [0.1, 0.15) is 33.4 Å². The van der Waals surface area contributed by atoms with Gasteiger partial charge in [-0.1, -0.05) is 152 Å². The number of fused-ring (bicyclic) bond motifs is 17. The van der Waals surface area contributed by atoms with Crippen LogP contribution in [0.25, 0.3) is 71.7 Å². The number of hydrogen-bond donors (Lipinski definition) is 0. The summed E-state index contributed by atoms with van der Waals surface area (Å²) in [6.45, 7) is 4.43. The molecule has 0 fully saturated rings. The molecular formula is C57H38N2O. The third kappa shape index (κ3) is 4.23. The van der Waals surface area contributed by atoms with E-state index >= 15 is 0 Å². The number of anilines is 3. The zero-order valence-corrected chi connectivity index (χ0v) is 33.3. The summed E-state index contributed by atoms with van der Waals surface area (Å²) < 4.78 is 9.64. The van der Waals surface area contributed by atoms with Gasteiger partial charge in [0.2, 0.25) is 0 Å². The molecule has 0 saturated carbocycles. The third-order valence-corrected chi connectivity index (χ3v) is 13.5. The molecule has 2 heterocycles. The molecule has 0 unspecified atom stereocenters. The minimum Gasteiger partial charge on any atom is -0.455 e. The summed E-state index contributed by atoms with van der Waals surface area (Å²) >= 11 is 0. The van der Waals surface area contributed by atoms with Gasteiger partial charge in [0.15, 0.2) is 0 Å². The zero-order valence-electron chi connectivity index (χ0n) is 33.3. The monoisotopic (exact) mass is 766 g/mol. The average molecular weight is 767 g/mol. The quantitative estimate of drug-likeness (QED) is 0.178. The Kier molecular flexibility index (Phi) is 6.78. The summed E-state index contributed by atoms with van der Waals surface area (Å²) in [5.41, 5.74) is 20.6. The van der Waals surface area contributed by atoms with Crippen LogP contribution < -0.4 is 4.90 Å². The predicted octanol–water partition coefficient (Wildman–Crippen LogP) is 15.1. The molecule has 0 saturated heterocycles. The van der Waals surface area contributed by atoms with E-state index in [0.717, 1.165) is 39.0 Å². The summed E-state index contributed by atoms with van der Waals surface area (Å²) in [4.78, 5) is 2.50. The predicted molar refractivity (Wildman–Crippen MR) is 249 cm³/mol. The Morgan fingerprint density at radius 1 is 0.450 bits per heavy atom. The number of rotatable bonds is 4. The lowest BCUT2D eigenvalue weighted by atomic mass is 9.70. The SMILES string of the molecule is Cc1ccccc1N(c1ccc2c3ccccc3n(-c3ccccc3C)c2c1)c1cc2c(c3oc4ccccc4c13)-c1ccccc1C21c2ccccc2-c2ccccc21. The molecule has 60 heavy (non-hydrogen) atoms. The fraction of sp³-hybridized carbons (Fsp3) is 0.0526. The highest BCUT2D eigenvalue weighted by Gasteiger charge is 2.53. The van der Waals surface area contributed by atoms with Gasteiger partial charge in [-0.3, -0.25) is 0 Å². The van der Waals surface area contributed by atoms with Crippen molar-refractivity contribution in [2.75, 3.05) is 4.90 Å². The van der Waals surface area contributed by atoms with E-state index in [-0.39, 0.29) is 0 Å². The van der Waals surface area contributed by atoms with Gasteiger partial charge < -0.3 is 13.9 Å². The molecule has 282 valence electrons. The maximum atomic E-state index is 7.19. The van der Waals surface area contributed by atoms with Gasteiger partial charge in [-0.2, -0.15) is 0 Å². The van der Waals surface area contributed by atoms with E-state index in [1.54, 1.807) is 0 Å². The van der Waals surface area contributed by atoms with E-state index in [9.17, 15) is 0 Å². The molecule has 0 atom stereocenters. The Bertz CT molecular complexity index is 3560. The highest BCUT2D eigenvalue weighted by atomic mass is 16.3. The largest absolute Gasteiger partial charge is 0.455 e. The van der Waals surface area contributed by atoms with Crippen molar-refractivity contribution in [1.29, 1.82) is 0 Å². The number of aryl methyl sites for hydroxylation is 2. The van der Waals surface area contributed by atoms with Gasteiger partial charge in [-0.25, -0.2) is 0 Å². The van der Waals surface area contributed by atoms with E-state index in [1.165, 1.54) is 83.1 Å². The molecule has 3 nitrogen and oxygen atoms in total. The highest BCUT2D eigenvalue weighted by molar-refractivity contribution is 6.20. The van der Waals surface area contributed by atoms with Crippen LogP contribution in [0.2, 0.25) is 0 Å². The summed E-state index contributed by atoms with van der Waals surface area (Å²) in [5, 5.41) is 4.68. The van der Waals surface area contributed by atoms with Crippen LogP contribution in [-0.2, 0) is 5.41 Å². The molecule has 1 spiro atoms. The second-order valence-electron chi connectivity index (χ2n) is 16.5. The van der Waals surface area contributed by atoms with E-state index in [4.69, 9.17) is 4.42 Å². The number of benzene rings is 9. The molecule has 11 aromatic rings. The van der Waals surface area contributed by atoms with Crippen LogP contribution in [0, 0.1) is 13.8 Å². The Labute approximate surface area is 348 Å². The van der Waals surface area contributed by atoms with Crippen molar-refractivity contribution in [1.82, 2.24) is 4.57 Å². The first-order valence-electron chi connectivity index (χ1n) is 20.9. The molecule has 0 aliphatic heterocycles. The minimum atomic E-state index is -0.542. The molecule has 3 heteroatoms. The van der Waals surface area contributed by atoms with Gasteiger partial charge in [-0.05, 0) is 106 Å². The second-order valence-corrected chi connectivity index (χ2v) is 16.5. The summed E-state index contributed by atoms with van der Waals surface area (Å²) in [6.07, 6.45) is 0. The topological polar surface area (TPSA) is 21.3 Å². The molecule has 9 aromatic carbocycles. The van der Waals surface area contributed by atoms with E-state index in [2.05, 4.69) is 217 Å². The van der Waals surface area contributed by atoms with Crippen molar-refractivity contribution in [2.45, 2.75) is 19.3 Å². The molecule has 0 N–H and O–H groups in total. The standard InChI is InChI=1S/C57H38N2O/c1-35-17-3-13-27-48(35)58(37-31-32-41-40-21-8-15-29-50(40)59(51(41)33-37)49-28-14-4-18-36(49)2)52-34-47-54(56-55(52)43-23-9-16-30-53(43)60-56)42-22-7-12-26-46(42)57(47)44-24-10-5-19-38(44)39-20-6-11-25-45(39)57/h3-34H,1-2H3. The number of furan rings is 1. The second kappa shape index (κ2) is 12.2. The van der Waals surface area contributed by atoms with Gasteiger partial charge in [0, 0.05) is 38.8 Å². The molecule has 0 bridgehead atoms. The smallest absolute Gasteiger partial charge is 0.145 e. The normalized spacial score (nSPS) is 13.3. The van der Waals surface area contributed by atoms with Gasteiger partial charge in [0.1, 0.15) is 11.2 Å². The molecular weight excluding hydrogens is 729 g/mol. The van der Waals surface area contributed by atoms with Crippen LogP contribution in [0.15, 0.2) is 199 Å². The lowest BCUT2D eigenvalue weighted by molar-refractivity contribution is 0.669. The van der Waals surface area contributed by atoms with Crippen LogP contribution in [0.5, 0.6) is 0 Å². The Morgan fingerprint density at radius 3 is 1.78 bits per heavy atom. The maximum Gasteiger partial charge on any atom is 0.145 e. The Morgan fingerprint density at radius 2 is 1.03 bits per heavy atom. The van der Waals surface area contributed by atoms with Crippen LogP contribution in [0.4, 0.5) is 17.1 Å². The number of aromatic nitrogens is 1. The first-order chi connectivity index (χ1) is 29.6. The average Bonchev–Trinajstić information content (AvgIpc) is 4.01. The highest BCUT2D eigenvalue weighted by Crippen LogP contribution is 2.65. The van der Waals surface area contributed by atoms with Crippen LogP contribution in [0.3, 0.4) is 0 Å². The van der Waals surface area contributed by atoms with Gasteiger partial charge in [0.05, 0.1) is 27.5 Å². The number of para-hydroxylation sites is 4. The Hall–Kier alpha value is -7.62. The lowest BCUT2D eigenvalue weighted by Gasteiger charge is -2.33. The van der Waals surface area contributed by atoms with Crippen molar-refractivity contribution in [2.24, 2.45) is 0 Å². The minimum absolute atomic E-state index is 0.542. The Balaban J connectivity index is 1.20. The lowest BCUT2D eigenvalue weighted by Crippen LogP contribution is -2.26. The van der Waals surface area contributed by atoms with E-state index < -0.39 is 5.41 Å². The van der Waals surface area contributed by atoms with Crippen LogP contribution >= 0.6 is 0 Å². The fourth-order valence-electron chi connectivity index (χ4n) is 11.0. The van der Waals surface area contributed by atoms with Crippen molar-refractivity contribution in [3.63, 3.8) is 0 Å². The van der Waals surface area contributed by atoms with Crippen molar-refractivity contribution < 1.29 is 4.42 Å². The third-order valence-electron chi connectivity index (χ3n) is 13.5. The number of hydrogen-bond acceptors (Lipinski definition) is 2. The van der Waals surface area contributed by atoms with Crippen LogP contribution in [-0.4, -0.2) is 4.57 Å². The molecule has 2 aromatic heterocycles. The fourth-order valence-corrected chi connectivity index (χ4v) is 11.0. The first-order valence-corrected chi connectivity index (χ1v) is 20.9. The summed E-state index contributed by atoms with van der Waals surface area (Å²) in [6, 6.07) is 71.5. The number of nitrogens with zero attached hydrogens (tertiary/aromatic N) is 2. The van der Waals surface area contributed by atoms with Crippen molar-refractivity contribution in [3.8, 4) is 27.9 Å². The molecule has 2 aliphatic rings. The maximum absolute atomic E-state index is 7.19. The van der Waals surface area contributed by atoms with Gasteiger partial charge in [-0.15, -0.1) is 0 Å². The molecule has 0 radical (unpaired) electrons. The van der Waals surface area contributed by atoms with E-state index in [0.29, 0.717) is 0 Å². The zero-order chi connectivity index (χ0) is 39.7. The summed E-state index contributed by atoms with van der Waals surface area (Å²) in [5.74, 6) is 0. The molecule has 0 amide bonds. The van der Waals surface area contributed by atoms with Crippen molar-refractivity contribution >= 4 is 60.8 Å². The summed E-state index contributed by atoms with van der Waals surface area (Å²) in [7, 11) is 0. The first kappa shape index (κ1) is 33.4.